The molecule has 0 aromatic carbocycles. The van der Waals surface area contributed by atoms with Crippen molar-refractivity contribution in [3.05, 3.63) is 0 Å². The zero-order valence-electron chi connectivity index (χ0n) is 26.2. The fourth-order valence-electron chi connectivity index (χ4n) is 3.73. The summed E-state index contributed by atoms with van der Waals surface area (Å²) in [4.78, 5) is 108. The Bertz CT molecular complexity index is 1150. The van der Waals surface area contributed by atoms with E-state index in [1.165, 1.54) is 0 Å². The summed E-state index contributed by atoms with van der Waals surface area (Å²) in [7, 11) is 0. The zero-order chi connectivity index (χ0) is 36.8. The minimum Gasteiger partial charge on any atom is -0.480 e. The molecule has 0 aliphatic rings. The summed E-state index contributed by atoms with van der Waals surface area (Å²) in [5, 5.41) is 41.2. The first-order valence-corrected chi connectivity index (χ1v) is 14.8. The van der Waals surface area contributed by atoms with Crippen LogP contribution in [0.3, 0.4) is 0 Å². The van der Waals surface area contributed by atoms with Crippen LogP contribution in [0.2, 0.25) is 0 Å². The SMILES string of the molecule is NCCCC[C@H](N)C(=O)N[C@@H](CO)C(=O)N[C@@H](CCC(N)=O)C(=O)NCC(=O)NCC(=O)N[C@@H](CO)C(=O)N[C@@H](CCC(N)=O)C(=O)O. The molecule has 48 heavy (non-hydrogen) atoms. The molecule has 0 bridgehead atoms. The highest BCUT2D eigenvalue weighted by molar-refractivity contribution is 5.95. The number of unbranched alkanes of at least 4 members (excludes halogenated alkanes) is 1. The molecular weight excluding hydrogens is 644 g/mol. The minimum absolute atomic E-state index is 0.264. The summed E-state index contributed by atoms with van der Waals surface area (Å²) >= 11 is 0. The van der Waals surface area contributed by atoms with E-state index in [0.717, 1.165) is 0 Å². The molecule has 22 heteroatoms. The standard InChI is InChI=1S/C26H46N10O12/c27-8-2-1-3-13(28)22(43)36-17(12-38)25(46)34-14(4-6-18(29)39)23(44)32-9-20(41)31-10-21(42)33-16(11-37)24(45)35-15(26(47)48)5-7-19(30)40/h13-17,37-38H,1-12,27-28H2,(H2,29,39)(H2,30,40)(H,31,41)(H,32,44)(H,33,42)(H,34,46)(H,35,45)(H,36,43)(H,47,48)/t13-,14-,15-,16-,17-/m0/s1. The lowest BCUT2D eigenvalue weighted by Crippen LogP contribution is -2.57. The molecule has 0 fully saturated rings. The Balaban J connectivity index is 5.08. The Morgan fingerprint density at radius 1 is 0.562 bits per heavy atom. The average molecular weight is 691 g/mol. The van der Waals surface area contributed by atoms with E-state index in [9.17, 15) is 58.5 Å². The molecule has 0 aromatic heterocycles. The molecule has 22 nitrogen and oxygen atoms in total. The Hall–Kier alpha value is -4.93. The number of carboxylic acids is 1. The van der Waals surface area contributed by atoms with E-state index in [4.69, 9.17) is 22.9 Å². The van der Waals surface area contributed by atoms with Crippen LogP contribution in [-0.2, 0) is 43.2 Å². The number of aliphatic carboxylic acids is 1. The van der Waals surface area contributed by atoms with Crippen LogP contribution >= 0.6 is 0 Å². The second kappa shape index (κ2) is 23.4. The number of aliphatic hydroxyl groups is 2. The minimum atomic E-state index is -1.63. The Morgan fingerprint density at radius 3 is 1.54 bits per heavy atom. The van der Waals surface area contributed by atoms with Crippen molar-refractivity contribution < 1.29 is 58.5 Å². The van der Waals surface area contributed by atoms with Crippen molar-refractivity contribution in [2.45, 2.75) is 75.2 Å². The lowest BCUT2D eigenvalue weighted by Gasteiger charge is -2.23. The van der Waals surface area contributed by atoms with Crippen molar-refractivity contribution in [3.63, 3.8) is 0 Å². The van der Waals surface area contributed by atoms with E-state index in [1.54, 1.807) is 0 Å². The van der Waals surface area contributed by atoms with Crippen molar-refractivity contribution >= 4 is 53.2 Å². The summed E-state index contributed by atoms with van der Waals surface area (Å²) < 4.78 is 0. The molecule has 0 rings (SSSR count). The number of primary amides is 2. The van der Waals surface area contributed by atoms with Gasteiger partial charge in [-0.05, 0) is 32.2 Å². The Kier molecular flexibility index (Phi) is 21.0. The average Bonchev–Trinajstić information content (AvgIpc) is 3.03. The zero-order valence-corrected chi connectivity index (χ0v) is 26.2. The van der Waals surface area contributed by atoms with Crippen LogP contribution < -0.4 is 54.8 Å². The van der Waals surface area contributed by atoms with Crippen molar-refractivity contribution in [3.8, 4) is 0 Å². The summed E-state index contributed by atoms with van der Waals surface area (Å²) in [6.45, 7) is -2.92. The highest BCUT2D eigenvalue weighted by Crippen LogP contribution is 2.02. The first-order valence-electron chi connectivity index (χ1n) is 14.8. The van der Waals surface area contributed by atoms with Crippen LogP contribution in [0, 0.1) is 0 Å². The maximum atomic E-state index is 12.7. The molecule has 0 aliphatic carbocycles. The van der Waals surface area contributed by atoms with Gasteiger partial charge in [-0.1, -0.05) is 6.42 Å². The van der Waals surface area contributed by atoms with Crippen LogP contribution in [0.4, 0.5) is 0 Å². The highest BCUT2D eigenvalue weighted by Gasteiger charge is 2.29. The molecule has 0 spiro atoms. The second-order valence-corrected chi connectivity index (χ2v) is 10.4. The van der Waals surface area contributed by atoms with Gasteiger partial charge in [-0.3, -0.25) is 38.4 Å². The quantitative estimate of drug-likeness (QED) is 0.0396. The van der Waals surface area contributed by atoms with Crippen LogP contribution in [0.5, 0.6) is 0 Å². The highest BCUT2D eigenvalue weighted by atomic mass is 16.4. The molecule has 0 radical (unpaired) electrons. The van der Waals surface area contributed by atoms with E-state index in [-0.39, 0.29) is 32.1 Å². The monoisotopic (exact) mass is 690 g/mol. The number of aliphatic hydroxyl groups excluding tert-OH is 2. The number of hydrogen-bond acceptors (Lipinski definition) is 13. The number of hydrogen-bond donors (Lipinski definition) is 13. The third-order valence-electron chi connectivity index (χ3n) is 6.43. The van der Waals surface area contributed by atoms with Gasteiger partial charge in [0.25, 0.3) is 0 Å². The van der Waals surface area contributed by atoms with Gasteiger partial charge in [-0.25, -0.2) is 4.79 Å². The van der Waals surface area contributed by atoms with Gasteiger partial charge in [0.15, 0.2) is 0 Å². The van der Waals surface area contributed by atoms with E-state index in [0.29, 0.717) is 19.4 Å². The van der Waals surface area contributed by atoms with Gasteiger partial charge in [-0.2, -0.15) is 0 Å². The van der Waals surface area contributed by atoms with Gasteiger partial charge >= 0.3 is 5.97 Å². The third kappa shape index (κ3) is 18.3. The van der Waals surface area contributed by atoms with Gasteiger partial charge in [0.2, 0.25) is 47.3 Å². The van der Waals surface area contributed by atoms with Gasteiger partial charge in [0.1, 0.15) is 24.2 Å². The first kappa shape index (κ1) is 43.1. The lowest BCUT2D eigenvalue weighted by atomic mass is 10.1. The summed E-state index contributed by atoms with van der Waals surface area (Å²) in [5.41, 5.74) is 21.3. The number of carbonyl (C=O) groups is 9. The number of carboxylic acid groups (broad SMARTS) is 1. The van der Waals surface area contributed by atoms with Gasteiger partial charge in [0, 0.05) is 12.8 Å². The number of nitrogens with one attached hydrogen (secondary N) is 6. The van der Waals surface area contributed by atoms with E-state index in [1.807, 2.05) is 5.32 Å². The number of rotatable bonds is 25. The van der Waals surface area contributed by atoms with Crippen LogP contribution in [-0.4, -0.2) is 132 Å². The van der Waals surface area contributed by atoms with Crippen molar-refractivity contribution in [2.24, 2.45) is 22.9 Å². The predicted molar refractivity (Wildman–Crippen MR) is 163 cm³/mol. The molecule has 5 atom stereocenters. The molecule has 0 heterocycles. The summed E-state index contributed by atoms with van der Waals surface area (Å²) in [6, 6.07) is -7.13. The van der Waals surface area contributed by atoms with Gasteiger partial charge in [0.05, 0.1) is 32.3 Å². The Morgan fingerprint density at radius 2 is 1.04 bits per heavy atom. The molecule has 0 aliphatic heterocycles. The molecule has 0 unspecified atom stereocenters. The fourth-order valence-corrected chi connectivity index (χ4v) is 3.73. The normalized spacial score (nSPS) is 13.8. The van der Waals surface area contributed by atoms with Gasteiger partial charge in [-0.15, -0.1) is 0 Å². The molecule has 0 saturated heterocycles. The molecular formula is C26H46N10O12. The van der Waals surface area contributed by atoms with E-state index in [2.05, 4.69) is 26.6 Å². The topological polar surface area (TPSA) is 391 Å². The second-order valence-electron chi connectivity index (χ2n) is 10.4. The van der Waals surface area contributed by atoms with Crippen LogP contribution in [0.15, 0.2) is 0 Å². The van der Waals surface area contributed by atoms with Crippen LogP contribution in [0.1, 0.15) is 44.9 Å². The van der Waals surface area contributed by atoms with Crippen molar-refractivity contribution in [1.82, 2.24) is 31.9 Å². The van der Waals surface area contributed by atoms with Crippen LogP contribution in [0.25, 0.3) is 0 Å². The van der Waals surface area contributed by atoms with E-state index >= 15 is 0 Å². The van der Waals surface area contributed by atoms with Crippen molar-refractivity contribution in [1.29, 1.82) is 0 Å². The maximum absolute atomic E-state index is 12.7. The largest absolute Gasteiger partial charge is 0.480 e. The smallest absolute Gasteiger partial charge is 0.326 e. The summed E-state index contributed by atoms with van der Waals surface area (Å²) in [6.07, 6.45) is 0.0310. The van der Waals surface area contributed by atoms with Crippen molar-refractivity contribution in [2.75, 3.05) is 32.8 Å². The lowest BCUT2D eigenvalue weighted by molar-refractivity contribution is -0.142. The van der Waals surface area contributed by atoms with E-state index < -0.39 is 110 Å². The number of carbonyl (C=O) groups excluding carboxylic acids is 8. The molecule has 0 saturated carbocycles. The molecule has 8 amide bonds. The van der Waals surface area contributed by atoms with Gasteiger partial charge < -0.3 is 70.2 Å². The predicted octanol–water partition coefficient (Wildman–Crippen LogP) is -7.79. The number of nitrogens with two attached hydrogens (primary N) is 4. The number of amides is 8. The maximum Gasteiger partial charge on any atom is 0.326 e. The fraction of sp³-hybridized carbons (Fsp3) is 0.654. The first-order chi connectivity index (χ1) is 22.6. The summed E-state index contributed by atoms with van der Waals surface area (Å²) in [5.74, 6) is -8.85. The third-order valence-corrected chi connectivity index (χ3v) is 6.43. The molecule has 272 valence electrons. The Labute approximate surface area is 274 Å². The molecule has 0 aromatic rings. The molecule has 17 N–H and O–H groups in total.